The van der Waals surface area contributed by atoms with E-state index >= 15 is 0 Å². The van der Waals surface area contributed by atoms with Gasteiger partial charge in [-0.1, -0.05) is 54.6 Å². The SMILES string of the molecule is COc1cccc(CN(C(=O)CCCN2C(=O)c3ccccc3S2(=O)=O)C(Cc2ccccc2)C(=O)NC(C)(C)C)c1. The predicted molar refractivity (Wildman–Crippen MR) is 159 cm³/mol. The molecule has 222 valence electrons. The van der Waals surface area contributed by atoms with E-state index in [4.69, 9.17) is 4.74 Å². The van der Waals surface area contributed by atoms with Gasteiger partial charge in [0.2, 0.25) is 11.8 Å². The van der Waals surface area contributed by atoms with Crippen molar-refractivity contribution in [1.29, 1.82) is 0 Å². The second-order valence-electron chi connectivity index (χ2n) is 11.3. The van der Waals surface area contributed by atoms with E-state index in [9.17, 15) is 22.8 Å². The van der Waals surface area contributed by atoms with Crippen molar-refractivity contribution in [3.05, 3.63) is 95.6 Å². The first-order valence-corrected chi connectivity index (χ1v) is 15.3. The molecule has 1 unspecified atom stereocenters. The Balaban J connectivity index is 1.60. The van der Waals surface area contributed by atoms with Crippen LogP contribution in [0.2, 0.25) is 0 Å². The lowest BCUT2D eigenvalue weighted by Gasteiger charge is -2.34. The van der Waals surface area contributed by atoms with Gasteiger partial charge >= 0.3 is 0 Å². The molecule has 0 aliphatic carbocycles. The first-order chi connectivity index (χ1) is 19.9. The first-order valence-electron chi connectivity index (χ1n) is 13.8. The van der Waals surface area contributed by atoms with E-state index in [0.717, 1.165) is 15.4 Å². The highest BCUT2D eigenvalue weighted by atomic mass is 32.2. The van der Waals surface area contributed by atoms with Crippen LogP contribution < -0.4 is 10.1 Å². The molecule has 1 atom stereocenters. The van der Waals surface area contributed by atoms with Crippen LogP contribution in [0.5, 0.6) is 5.75 Å². The molecule has 4 rings (SSSR count). The van der Waals surface area contributed by atoms with Crippen LogP contribution in [0.15, 0.2) is 83.8 Å². The Kier molecular flexibility index (Phi) is 9.36. The third kappa shape index (κ3) is 7.17. The second-order valence-corrected chi connectivity index (χ2v) is 13.1. The number of rotatable bonds is 11. The third-order valence-corrected chi connectivity index (χ3v) is 8.76. The molecule has 1 aliphatic heterocycles. The van der Waals surface area contributed by atoms with Crippen molar-refractivity contribution in [3.8, 4) is 5.75 Å². The Morgan fingerprint density at radius 3 is 2.29 bits per heavy atom. The summed E-state index contributed by atoms with van der Waals surface area (Å²) in [5.41, 5.74) is 1.26. The van der Waals surface area contributed by atoms with Crippen molar-refractivity contribution in [2.75, 3.05) is 13.7 Å². The summed E-state index contributed by atoms with van der Waals surface area (Å²) < 4.78 is 32.2. The summed E-state index contributed by atoms with van der Waals surface area (Å²) in [6.07, 6.45) is 0.325. The number of hydrogen-bond acceptors (Lipinski definition) is 6. The summed E-state index contributed by atoms with van der Waals surface area (Å²) in [5, 5.41) is 3.02. The van der Waals surface area contributed by atoms with Crippen molar-refractivity contribution < 1.29 is 27.5 Å². The number of nitrogens with zero attached hydrogens (tertiary/aromatic N) is 2. The fourth-order valence-corrected chi connectivity index (χ4v) is 6.55. The molecule has 0 radical (unpaired) electrons. The average molecular weight is 592 g/mol. The maximum Gasteiger partial charge on any atom is 0.269 e. The molecule has 1 aliphatic rings. The first kappa shape index (κ1) is 30.8. The molecule has 10 heteroatoms. The number of fused-ring (bicyclic) bond motifs is 1. The molecule has 0 fully saturated rings. The van der Waals surface area contributed by atoms with Crippen LogP contribution >= 0.6 is 0 Å². The summed E-state index contributed by atoms with van der Waals surface area (Å²) in [6, 6.07) is 22.0. The van der Waals surface area contributed by atoms with Crippen LogP contribution in [0.25, 0.3) is 0 Å². The molecular weight excluding hydrogens is 554 g/mol. The number of amides is 3. The Hall–Kier alpha value is -4.18. The zero-order valence-corrected chi connectivity index (χ0v) is 25.2. The van der Waals surface area contributed by atoms with Crippen molar-refractivity contribution >= 4 is 27.7 Å². The standard InChI is InChI=1S/C32H37N3O6S/c1-32(2,3)33-30(37)27(21-23-12-6-5-7-13-23)34(22-24-14-10-15-25(20-24)41-4)29(36)18-11-19-35-31(38)26-16-8-9-17-28(26)42(35,39)40/h5-10,12-17,20,27H,11,18-19,21-22H2,1-4H3,(H,33,37). The number of nitrogens with one attached hydrogen (secondary N) is 1. The zero-order chi connectivity index (χ0) is 30.5. The Labute approximate surface area is 247 Å². The largest absolute Gasteiger partial charge is 0.497 e. The lowest BCUT2D eigenvalue weighted by molar-refractivity contribution is -0.142. The van der Waals surface area contributed by atoms with E-state index in [1.54, 1.807) is 25.3 Å². The summed E-state index contributed by atoms with van der Waals surface area (Å²) in [4.78, 5) is 42.0. The molecule has 42 heavy (non-hydrogen) atoms. The number of carbonyl (C=O) groups excluding carboxylic acids is 3. The third-order valence-electron chi connectivity index (χ3n) is 6.92. The summed E-state index contributed by atoms with van der Waals surface area (Å²) >= 11 is 0. The molecule has 3 aromatic carbocycles. The maximum atomic E-state index is 13.9. The van der Waals surface area contributed by atoms with Gasteiger partial charge in [0.1, 0.15) is 16.7 Å². The molecule has 3 amide bonds. The van der Waals surface area contributed by atoms with Crippen molar-refractivity contribution in [2.24, 2.45) is 0 Å². The van der Waals surface area contributed by atoms with Gasteiger partial charge in [0.25, 0.3) is 15.9 Å². The number of hydrogen-bond donors (Lipinski definition) is 1. The quantitative estimate of drug-likeness (QED) is 0.358. The highest BCUT2D eigenvalue weighted by Crippen LogP contribution is 2.30. The monoisotopic (exact) mass is 591 g/mol. The minimum Gasteiger partial charge on any atom is -0.497 e. The van der Waals surface area contributed by atoms with E-state index in [0.29, 0.717) is 5.75 Å². The van der Waals surface area contributed by atoms with Crippen LogP contribution in [0.1, 0.15) is 55.1 Å². The smallest absolute Gasteiger partial charge is 0.269 e. The van der Waals surface area contributed by atoms with Gasteiger partial charge in [0.15, 0.2) is 0 Å². The molecule has 9 nitrogen and oxygen atoms in total. The van der Waals surface area contributed by atoms with Crippen molar-refractivity contribution in [1.82, 2.24) is 14.5 Å². The van der Waals surface area contributed by atoms with Crippen LogP contribution in [0.3, 0.4) is 0 Å². The van der Waals surface area contributed by atoms with Gasteiger partial charge in [-0.15, -0.1) is 0 Å². The molecule has 0 bridgehead atoms. The zero-order valence-electron chi connectivity index (χ0n) is 24.4. The maximum absolute atomic E-state index is 13.9. The Morgan fingerprint density at radius 2 is 1.62 bits per heavy atom. The topological polar surface area (TPSA) is 113 Å². The van der Waals surface area contributed by atoms with Crippen LogP contribution in [-0.4, -0.2) is 60.6 Å². The van der Waals surface area contributed by atoms with Crippen LogP contribution in [0, 0.1) is 0 Å². The molecule has 1 heterocycles. The molecule has 0 saturated carbocycles. The lowest BCUT2D eigenvalue weighted by Crippen LogP contribution is -2.54. The summed E-state index contributed by atoms with van der Waals surface area (Å²) in [6.45, 7) is 5.63. The number of ether oxygens (including phenoxy) is 1. The van der Waals surface area contributed by atoms with Crippen LogP contribution in [-0.2, 0) is 32.6 Å². The predicted octanol–water partition coefficient (Wildman–Crippen LogP) is 4.17. The van der Waals surface area contributed by atoms with E-state index in [1.165, 1.54) is 17.0 Å². The Morgan fingerprint density at radius 1 is 0.952 bits per heavy atom. The van der Waals surface area contributed by atoms with Gasteiger partial charge in [0, 0.05) is 31.5 Å². The normalized spacial score (nSPS) is 14.7. The van der Waals surface area contributed by atoms with E-state index in [2.05, 4.69) is 5.32 Å². The molecule has 3 aromatic rings. The van der Waals surface area contributed by atoms with Gasteiger partial charge in [-0.25, -0.2) is 12.7 Å². The summed E-state index contributed by atoms with van der Waals surface area (Å²) in [7, 11) is -2.42. The number of sulfonamides is 1. The second kappa shape index (κ2) is 12.8. The Bertz CT molecular complexity index is 1550. The summed E-state index contributed by atoms with van der Waals surface area (Å²) in [5.74, 6) is -0.603. The average Bonchev–Trinajstić information content (AvgIpc) is 3.15. The van der Waals surface area contributed by atoms with E-state index in [-0.39, 0.29) is 54.6 Å². The van der Waals surface area contributed by atoms with E-state index in [1.807, 2.05) is 69.3 Å². The molecule has 0 saturated heterocycles. The molecule has 1 N–H and O–H groups in total. The highest BCUT2D eigenvalue weighted by molar-refractivity contribution is 7.90. The lowest BCUT2D eigenvalue weighted by atomic mass is 10.00. The number of carbonyl (C=O) groups is 3. The fourth-order valence-electron chi connectivity index (χ4n) is 4.94. The fraction of sp³-hybridized carbons (Fsp3) is 0.344. The molecule has 0 spiro atoms. The molecular formula is C32H37N3O6S. The van der Waals surface area contributed by atoms with Crippen molar-refractivity contribution in [3.63, 3.8) is 0 Å². The van der Waals surface area contributed by atoms with Crippen LogP contribution in [0.4, 0.5) is 0 Å². The van der Waals surface area contributed by atoms with Gasteiger partial charge in [-0.05, 0) is 62.6 Å². The minimum atomic E-state index is -3.98. The van der Waals surface area contributed by atoms with Gasteiger partial charge in [-0.3, -0.25) is 14.4 Å². The highest BCUT2D eigenvalue weighted by Gasteiger charge is 2.40. The number of methoxy groups -OCH3 is 1. The van der Waals surface area contributed by atoms with Crippen molar-refractivity contribution in [2.45, 2.75) is 63.1 Å². The molecule has 0 aromatic heterocycles. The van der Waals surface area contributed by atoms with Gasteiger partial charge < -0.3 is 15.0 Å². The number of benzene rings is 3. The van der Waals surface area contributed by atoms with Gasteiger partial charge in [0.05, 0.1) is 12.7 Å². The minimum absolute atomic E-state index is 0.0252. The van der Waals surface area contributed by atoms with Gasteiger partial charge in [-0.2, -0.15) is 0 Å². The van der Waals surface area contributed by atoms with E-state index < -0.39 is 27.5 Å².